The number of nitro groups is 1. The highest BCUT2D eigenvalue weighted by molar-refractivity contribution is 7.99. The van der Waals surface area contributed by atoms with Gasteiger partial charge in [-0.15, -0.1) is 12.4 Å². The molecule has 0 unspecified atom stereocenters. The molecule has 1 aromatic heterocycles. The van der Waals surface area contributed by atoms with Crippen LogP contribution in [0.5, 0.6) is 0 Å². The molecule has 8 heteroatoms. The van der Waals surface area contributed by atoms with E-state index in [0.717, 1.165) is 18.8 Å². The van der Waals surface area contributed by atoms with Gasteiger partial charge in [-0.25, -0.2) is 4.98 Å². The highest BCUT2D eigenvalue weighted by Gasteiger charge is 2.16. The van der Waals surface area contributed by atoms with Gasteiger partial charge in [0.05, 0.1) is 4.92 Å². The standard InChI is InChI=1S/C13H15N3O3S.ClH/c17-16(18)10-1-2-12-11(7-10)15-13(19-12)20-8-9-3-5-14-6-4-9;/h1-2,7,9,14H,3-6,8H2;1H. The van der Waals surface area contributed by atoms with E-state index in [4.69, 9.17) is 4.42 Å². The van der Waals surface area contributed by atoms with Crippen molar-refractivity contribution in [2.45, 2.75) is 18.1 Å². The van der Waals surface area contributed by atoms with Gasteiger partial charge < -0.3 is 9.73 Å². The molecule has 21 heavy (non-hydrogen) atoms. The minimum atomic E-state index is -0.421. The SMILES string of the molecule is Cl.O=[N+]([O-])c1ccc2oc(SCC3CCNCC3)nc2c1. The Hall–Kier alpha value is -1.31. The fraction of sp³-hybridized carbons (Fsp3) is 0.462. The first-order valence-corrected chi connectivity index (χ1v) is 7.59. The summed E-state index contributed by atoms with van der Waals surface area (Å²) >= 11 is 1.59. The molecule has 1 aliphatic rings. The van der Waals surface area contributed by atoms with Crippen molar-refractivity contribution in [1.82, 2.24) is 10.3 Å². The zero-order chi connectivity index (χ0) is 13.9. The highest BCUT2D eigenvalue weighted by atomic mass is 35.5. The number of nitrogens with zero attached hydrogens (tertiary/aromatic N) is 2. The number of hydrogen-bond acceptors (Lipinski definition) is 6. The molecule has 1 aromatic carbocycles. The summed E-state index contributed by atoms with van der Waals surface area (Å²) in [7, 11) is 0. The number of benzene rings is 1. The number of rotatable bonds is 4. The van der Waals surface area contributed by atoms with Gasteiger partial charge in [-0.3, -0.25) is 10.1 Å². The van der Waals surface area contributed by atoms with E-state index in [2.05, 4.69) is 10.3 Å². The van der Waals surface area contributed by atoms with Crippen LogP contribution in [0, 0.1) is 16.0 Å². The minimum Gasteiger partial charge on any atom is -0.431 e. The summed E-state index contributed by atoms with van der Waals surface area (Å²) in [6, 6.07) is 4.50. The number of nitro benzene ring substituents is 1. The first-order valence-electron chi connectivity index (χ1n) is 6.61. The number of hydrogen-bond donors (Lipinski definition) is 1. The molecule has 1 N–H and O–H groups in total. The normalized spacial score (nSPS) is 15.8. The van der Waals surface area contributed by atoms with Crippen molar-refractivity contribution in [2.75, 3.05) is 18.8 Å². The Bertz CT molecular complexity index is 628. The first-order chi connectivity index (χ1) is 9.72. The Labute approximate surface area is 132 Å². The summed E-state index contributed by atoms with van der Waals surface area (Å²) in [4.78, 5) is 14.6. The number of oxazole rings is 1. The molecule has 0 atom stereocenters. The Morgan fingerprint density at radius 2 is 2.19 bits per heavy atom. The fourth-order valence-corrected chi connectivity index (χ4v) is 3.33. The quantitative estimate of drug-likeness (QED) is 0.527. The third-order valence-electron chi connectivity index (χ3n) is 3.46. The number of aromatic nitrogens is 1. The van der Waals surface area contributed by atoms with Crippen molar-refractivity contribution in [3.8, 4) is 0 Å². The van der Waals surface area contributed by atoms with E-state index in [0.29, 0.717) is 22.2 Å². The van der Waals surface area contributed by atoms with E-state index in [9.17, 15) is 10.1 Å². The second-order valence-corrected chi connectivity index (χ2v) is 5.86. The lowest BCUT2D eigenvalue weighted by Gasteiger charge is -2.21. The van der Waals surface area contributed by atoms with Crippen LogP contribution in [-0.2, 0) is 0 Å². The van der Waals surface area contributed by atoms with Gasteiger partial charge in [0.25, 0.3) is 10.9 Å². The molecule has 1 saturated heterocycles. The molecule has 3 rings (SSSR count). The van der Waals surface area contributed by atoms with E-state index in [1.807, 2.05) is 0 Å². The van der Waals surface area contributed by atoms with Crippen molar-refractivity contribution >= 4 is 41.0 Å². The molecule has 2 heterocycles. The van der Waals surface area contributed by atoms with Gasteiger partial charge in [-0.05, 0) is 37.9 Å². The third-order valence-corrected chi connectivity index (χ3v) is 4.52. The number of fused-ring (bicyclic) bond motifs is 1. The summed E-state index contributed by atoms with van der Waals surface area (Å²) < 4.78 is 5.61. The summed E-state index contributed by atoms with van der Waals surface area (Å²) in [6.45, 7) is 2.15. The predicted octanol–water partition coefficient (Wildman–Crippen LogP) is 3.25. The van der Waals surface area contributed by atoms with E-state index in [1.165, 1.54) is 25.0 Å². The lowest BCUT2D eigenvalue weighted by molar-refractivity contribution is -0.384. The molecule has 0 radical (unpaired) electrons. The zero-order valence-electron chi connectivity index (χ0n) is 11.3. The van der Waals surface area contributed by atoms with Crippen molar-refractivity contribution in [3.05, 3.63) is 28.3 Å². The lowest BCUT2D eigenvalue weighted by Crippen LogP contribution is -2.28. The van der Waals surface area contributed by atoms with Crippen molar-refractivity contribution < 1.29 is 9.34 Å². The molecular formula is C13H16ClN3O3S. The van der Waals surface area contributed by atoms with Gasteiger partial charge >= 0.3 is 0 Å². The second-order valence-electron chi connectivity index (χ2n) is 4.89. The van der Waals surface area contributed by atoms with Gasteiger partial charge in [0, 0.05) is 17.9 Å². The van der Waals surface area contributed by atoms with Crippen LogP contribution in [0.1, 0.15) is 12.8 Å². The van der Waals surface area contributed by atoms with Crippen LogP contribution in [0.25, 0.3) is 11.1 Å². The van der Waals surface area contributed by atoms with E-state index in [1.54, 1.807) is 17.8 Å². The Morgan fingerprint density at radius 1 is 1.43 bits per heavy atom. The molecule has 0 bridgehead atoms. The van der Waals surface area contributed by atoms with E-state index >= 15 is 0 Å². The van der Waals surface area contributed by atoms with Gasteiger partial charge in [0.2, 0.25) is 0 Å². The Balaban J connectivity index is 0.00000161. The van der Waals surface area contributed by atoms with Gasteiger partial charge in [-0.1, -0.05) is 11.8 Å². The molecule has 0 amide bonds. The highest BCUT2D eigenvalue weighted by Crippen LogP contribution is 2.28. The van der Waals surface area contributed by atoms with Crippen LogP contribution in [0.3, 0.4) is 0 Å². The smallest absolute Gasteiger partial charge is 0.271 e. The van der Waals surface area contributed by atoms with E-state index in [-0.39, 0.29) is 18.1 Å². The number of nitrogens with one attached hydrogen (secondary N) is 1. The molecular weight excluding hydrogens is 314 g/mol. The van der Waals surface area contributed by atoms with Gasteiger partial charge in [0.1, 0.15) is 5.52 Å². The molecule has 0 saturated carbocycles. The van der Waals surface area contributed by atoms with Crippen LogP contribution < -0.4 is 5.32 Å². The predicted molar refractivity (Wildman–Crippen MR) is 84.2 cm³/mol. The summed E-state index contributed by atoms with van der Waals surface area (Å²) in [5.74, 6) is 1.67. The van der Waals surface area contributed by atoms with Crippen LogP contribution >= 0.6 is 24.2 Å². The second kappa shape index (κ2) is 7.11. The topological polar surface area (TPSA) is 81.2 Å². The van der Waals surface area contributed by atoms with Crippen molar-refractivity contribution in [3.63, 3.8) is 0 Å². The molecule has 2 aromatic rings. The Kier molecular flexibility index (Phi) is 5.44. The molecule has 1 fully saturated rings. The fourth-order valence-electron chi connectivity index (χ4n) is 2.31. The average molecular weight is 330 g/mol. The third kappa shape index (κ3) is 3.87. The number of halogens is 1. The molecule has 0 aliphatic carbocycles. The summed E-state index contributed by atoms with van der Waals surface area (Å²) in [5.41, 5.74) is 1.19. The van der Waals surface area contributed by atoms with Crippen LogP contribution in [0.15, 0.2) is 27.8 Å². The minimum absolute atomic E-state index is 0. The van der Waals surface area contributed by atoms with E-state index < -0.39 is 4.92 Å². The monoisotopic (exact) mass is 329 g/mol. The maximum absolute atomic E-state index is 10.7. The Morgan fingerprint density at radius 3 is 2.90 bits per heavy atom. The largest absolute Gasteiger partial charge is 0.431 e. The number of thioether (sulfide) groups is 1. The van der Waals surface area contributed by atoms with Crippen LogP contribution in [-0.4, -0.2) is 28.7 Å². The maximum Gasteiger partial charge on any atom is 0.271 e. The van der Waals surface area contributed by atoms with Crippen LogP contribution in [0.2, 0.25) is 0 Å². The lowest BCUT2D eigenvalue weighted by atomic mass is 10.0. The summed E-state index contributed by atoms with van der Waals surface area (Å²) in [5, 5.41) is 14.7. The number of non-ortho nitro benzene ring substituents is 1. The molecule has 114 valence electrons. The first kappa shape index (κ1) is 16.1. The maximum atomic E-state index is 10.7. The molecule has 6 nitrogen and oxygen atoms in total. The average Bonchev–Trinajstić information content (AvgIpc) is 2.88. The van der Waals surface area contributed by atoms with Gasteiger partial charge in [0.15, 0.2) is 5.58 Å². The zero-order valence-corrected chi connectivity index (χ0v) is 12.9. The molecule has 0 spiro atoms. The van der Waals surface area contributed by atoms with Gasteiger partial charge in [-0.2, -0.15) is 0 Å². The molecule has 1 aliphatic heterocycles. The summed E-state index contributed by atoms with van der Waals surface area (Å²) in [6.07, 6.45) is 2.36. The van der Waals surface area contributed by atoms with Crippen molar-refractivity contribution in [2.24, 2.45) is 5.92 Å². The van der Waals surface area contributed by atoms with Crippen molar-refractivity contribution in [1.29, 1.82) is 0 Å². The number of piperidine rings is 1. The van der Waals surface area contributed by atoms with Crippen LogP contribution in [0.4, 0.5) is 5.69 Å².